The normalized spacial score (nSPS) is 18.6. The molecule has 1 aromatic heterocycles. The van der Waals surface area contributed by atoms with Crippen molar-refractivity contribution in [2.45, 2.75) is 38.6 Å². The highest BCUT2D eigenvalue weighted by Gasteiger charge is 2.16. The number of rotatable bonds is 4. The molecule has 1 aliphatic heterocycles. The lowest BCUT2D eigenvalue weighted by Gasteiger charge is -2.06. The molecule has 1 atom stereocenters. The Bertz CT molecular complexity index is 591. The summed E-state index contributed by atoms with van der Waals surface area (Å²) < 4.78 is 18.8. The van der Waals surface area contributed by atoms with E-state index in [0.29, 0.717) is 28.9 Å². The zero-order valence-corrected chi connectivity index (χ0v) is 11.5. The molecule has 1 aliphatic rings. The van der Waals surface area contributed by atoms with Crippen LogP contribution in [0.3, 0.4) is 0 Å². The lowest BCUT2D eigenvalue weighted by atomic mass is 10.1. The van der Waals surface area contributed by atoms with E-state index in [1.807, 2.05) is 6.07 Å². The number of nitrogens with zero attached hydrogens (tertiary/aromatic N) is 2. The van der Waals surface area contributed by atoms with Crippen molar-refractivity contribution >= 4 is 0 Å². The van der Waals surface area contributed by atoms with Crippen LogP contribution in [0.4, 0.5) is 4.39 Å². The third kappa shape index (κ3) is 2.88. The van der Waals surface area contributed by atoms with E-state index in [-0.39, 0.29) is 5.82 Å². The van der Waals surface area contributed by atoms with E-state index in [9.17, 15) is 4.39 Å². The second-order valence-corrected chi connectivity index (χ2v) is 5.31. The zero-order chi connectivity index (χ0) is 13.9. The number of aromatic nitrogens is 2. The maximum Gasteiger partial charge on any atom is 0.227 e. The lowest BCUT2D eigenvalue weighted by molar-refractivity contribution is 0.369. The highest BCUT2D eigenvalue weighted by molar-refractivity contribution is 5.54. The largest absolute Gasteiger partial charge is 0.339 e. The lowest BCUT2D eigenvalue weighted by Crippen LogP contribution is -2.21. The van der Waals surface area contributed by atoms with E-state index < -0.39 is 0 Å². The molecule has 5 heteroatoms. The minimum absolute atomic E-state index is 0.246. The Balaban J connectivity index is 1.67. The molecule has 0 saturated carbocycles. The van der Waals surface area contributed by atoms with Crippen molar-refractivity contribution in [3.63, 3.8) is 0 Å². The summed E-state index contributed by atoms with van der Waals surface area (Å²) in [5, 5.41) is 7.37. The highest BCUT2D eigenvalue weighted by Crippen LogP contribution is 2.20. The van der Waals surface area contributed by atoms with Gasteiger partial charge in [-0.05, 0) is 44.4 Å². The molecule has 0 amide bonds. The number of benzene rings is 1. The fourth-order valence-corrected chi connectivity index (χ4v) is 2.51. The summed E-state index contributed by atoms with van der Waals surface area (Å²) >= 11 is 0. The monoisotopic (exact) mass is 275 g/mol. The number of halogens is 1. The van der Waals surface area contributed by atoms with Crippen LogP contribution in [0.25, 0.3) is 11.4 Å². The Kier molecular flexibility index (Phi) is 3.78. The van der Waals surface area contributed by atoms with Gasteiger partial charge in [-0.1, -0.05) is 17.3 Å². The van der Waals surface area contributed by atoms with Crippen molar-refractivity contribution in [2.75, 3.05) is 6.54 Å². The number of aryl methyl sites for hydroxylation is 2. The summed E-state index contributed by atoms with van der Waals surface area (Å²) in [5.74, 6) is 0.831. The minimum atomic E-state index is -0.246. The van der Waals surface area contributed by atoms with E-state index in [1.165, 1.54) is 18.9 Å². The number of hydrogen-bond donors (Lipinski definition) is 1. The van der Waals surface area contributed by atoms with Crippen LogP contribution in [0.2, 0.25) is 0 Å². The van der Waals surface area contributed by atoms with Gasteiger partial charge in [-0.3, -0.25) is 0 Å². The van der Waals surface area contributed by atoms with Gasteiger partial charge in [0, 0.05) is 18.0 Å². The van der Waals surface area contributed by atoms with Gasteiger partial charge in [0.25, 0.3) is 0 Å². The Labute approximate surface area is 117 Å². The average molecular weight is 275 g/mol. The first-order chi connectivity index (χ1) is 9.72. The Hall–Kier alpha value is -1.75. The molecule has 1 saturated heterocycles. The Morgan fingerprint density at radius 1 is 1.45 bits per heavy atom. The van der Waals surface area contributed by atoms with Gasteiger partial charge >= 0.3 is 0 Å². The first-order valence-corrected chi connectivity index (χ1v) is 7.05. The summed E-state index contributed by atoms with van der Waals surface area (Å²) in [4.78, 5) is 4.34. The van der Waals surface area contributed by atoms with Crippen LogP contribution >= 0.6 is 0 Å². The van der Waals surface area contributed by atoms with Crippen molar-refractivity contribution in [2.24, 2.45) is 0 Å². The first-order valence-electron chi connectivity index (χ1n) is 7.05. The van der Waals surface area contributed by atoms with E-state index >= 15 is 0 Å². The molecule has 106 valence electrons. The maximum atomic E-state index is 13.5. The molecule has 20 heavy (non-hydrogen) atoms. The molecule has 3 rings (SSSR count). The molecule has 2 aromatic rings. The number of nitrogens with one attached hydrogen (secondary N) is 1. The van der Waals surface area contributed by atoms with Crippen LogP contribution in [0.15, 0.2) is 22.7 Å². The van der Waals surface area contributed by atoms with Gasteiger partial charge < -0.3 is 9.84 Å². The summed E-state index contributed by atoms with van der Waals surface area (Å²) in [7, 11) is 0. The third-order valence-corrected chi connectivity index (χ3v) is 3.77. The standard InChI is InChI=1S/C15H18FN3O/c1-10-4-5-11(9-13(10)16)15-18-14(20-19-15)7-6-12-3-2-8-17-12/h4-5,9,12,17H,2-3,6-8H2,1H3. The summed E-state index contributed by atoms with van der Waals surface area (Å²) in [6.45, 7) is 2.83. The predicted molar refractivity (Wildman–Crippen MR) is 73.8 cm³/mol. The molecule has 1 fully saturated rings. The molecule has 1 unspecified atom stereocenters. The van der Waals surface area contributed by atoms with Gasteiger partial charge in [-0.15, -0.1) is 0 Å². The molecular formula is C15H18FN3O. The van der Waals surface area contributed by atoms with Crippen molar-refractivity contribution in [3.8, 4) is 11.4 Å². The minimum Gasteiger partial charge on any atom is -0.339 e. The SMILES string of the molecule is Cc1ccc(-c2noc(CCC3CCCN3)n2)cc1F. The molecule has 2 heterocycles. The molecule has 4 nitrogen and oxygen atoms in total. The van der Waals surface area contributed by atoms with Crippen LogP contribution in [0.1, 0.15) is 30.7 Å². The molecule has 0 bridgehead atoms. The number of hydrogen-bond acceptors (Lipinski definition) is 4. The van der Waals surface area contributed by atoms with Crippen LogP contribution in [0.5, 0.6) is 0 Å². The Morgan fingerprint density at radius 2 is 2.35 bits per heavy atom. The highest BCUT2D eigenvalue weighted by atomic mass is 19.1. The molecule has 0 spiro atoms. The van der Waals surface area contributed by atoms with Crippen molar-refractivity contribution < 1.29 is 8.91 Å². The van der Waals surface area contributed by atoms with Gasteiger partial charge in [0.15, 0.2) is 0 Å². The van der Waals surface area contributed by atoms with Crippen molar-refractivity contribution in [3.05, 3.63) is 35.5 Å². The molecule has 1 aromatic carbocycles. The van der Waals surface area contributed by atoms with Gasteiger partial charge in [-0.25, -0.2) is 4.39 Å². The fraction of sp³-hybridized carbons (Fsp3) is 0.467. The van der Waals surface area contributed by atoms with Crippen LogP contribution < -0.4 is 5.32 Å². The van der Waals surface area contributed by atoms with Crippen LogP contribution in [-0.4, -0.2) is 22.7 Å². The topological polar surface area (TPSA) is 51.0 Å². The van der Waals surface area contributed by atoms with Crippen molar-refractivity contribution in [1.29, 1.82) is 0 Å². The van der Waals surface area contributed by atoms with Gasteiger partial charge in [0.1, 0.15) is 5.82 Å². The average Bonchev–Trinajstić information content (AvgIpc) is 3.10. The predicted octanol–water partition coefficient (Wildman–Crippen LogP) is 2.87. The van der Waals surface area contributed by atoms with Gasteiger partial charge in [0.2, 0.25) is 11.7 Å². The maximum absolute atomic E-state index is 13.5. The summed E-state index contributed by atoms with van der Waals surface area (Å²) in [6, 6.07) is 5.54. The molecule has 0 radical (unpaired) electrons. The zero-order valence-electron chi connectivity index (χ0n) is 11.5. The molecule has 0 aliphatic carbocycles. The van der Waals surface area contributed by atoms with Gasteiger partial charge in [-0.2, -0.15) is 4.98 Å². The summed E-state index contributed by atoms with van der Waals surface area (Å²) in [6.07, 6.45) is 4.22. The van der Waals surface area contributed by atoms with Crippen molar-refractivity contribution in [1.82, 2.24) is 15.5 Å². The van der Waals surface area contributed by atoms with E-state index in [4.69, 9.17) is 4.52 Å². The second-order valence-electron chi connectivity index (χ2n) is 5.31. The molecule has 1 N–H and O–H groups in total. The smallest absolute Gasteiger partial charge is 0.227 e. The van der Waals surface area contributed by atoms with E-state index in [2.05, 4.69) is 15.5 Å². The first kappa shape index (κ1) is 13.2. The van der Waals surface area contributed by atoms with Gasteiger partial charge in [0.05, 0.1) is 0 Å². The fourth-order valence-electron chi connectivity index (χ4n) is 2.51. The van der Waals surface area contributed by atoms with Crippen LogP contribution in [0, 0.1) is 12.7 Å². The Morgan fingerprint density at radius 3 is 3.10 bits per heavy atom. The third-order valence-electron chi connectivity index (χ3n) is 3.77. The van der Waals surface area contributed by atoms with E-state index in [0.717, 1.165) is 19.4 Å². The quantitative estimate of drug-likeness (QED) is 0.932. The summed E-state index contributed by atoms with van der Waals surface area (Å²) in [5.41, 5.74) is 1.27. The second kappa shape index (κ2) is 5.71. The van der Waals surface area contributed by atoms with E-state index in [1.54, 1.807) is 13.0 Å². The molecular weight excluding hydrogens is 257 g/mol. The van der Waals surface area contributed by atoms with Crippen LogP contribution in [-0.2, 0) is 6.42 Å².